The summed E-state index contributed by atoms with van der Waals surface area (Å²) in [6.07, 6.45) is 1.85. The third kappa shape index (κ3) is 3.89. The van der Waals surface area contributed by atoms with Crippen LogP contribution in [-0.2, 0) is 11.3 Å². The zero-order chi connectivity index (χ0) is 19.5. The Balaban J connectivity index is 1.38. The Labute approximate surface area is 167 Å². The third-order valence-corrected chi connectivity index (χ3v) is 6.15. The van der Waals surface area contributed by atoms with Gasteiger partial charge < -0.3 is 20.1 Å². The van der Waals surface area contributed by atoms with Crippen molar-refractivity contribution in [3.8, 4) is 11.5 Å². The molecule has 146 valence electrons. The lowest BCUT2D eigenvalue weighted by molar-refractivity contribution is -0.125. The number of aromatic hydroxyl groups is 1. The second-order valence-electron chi connectivity index (χ2n) is 6.97. The number of nitrogens with one attached hydrogen (secondary N) is 1. The number of amides is 1. The van der Waals surface area contributed by atoms with Crippen molar-refractivity contribution in [1.82, 2.24) is 10.3 Å². The zero-order valence-corrected chi connectivity index (χ0v) is 16.5. The molecule has 1 amide bonds. The van der Waals surface area contributed by atoms with Gasteiger partial charge in [0.2, 0.25) is 5.91 Å². The van der Waals surface area contributed by atoms with E-state index in [-0.39, 0.29) is 17.6 Å². The summed E-state index contributed by atoms with van der Waals surface area (Å²) in [5.41, 5.74) is 1.85. The van der Waals surface area contributed by atoms with Gasteiger partial charge in [-0.1, -0.05) is 29.5 Å². The molecule has 0 unspecified atom stereocenters. The van der Waals surface area contributed by atoms with E-state index < -0.39 is 0 Å². The standard InChI is InChI=1S/C21H23N3O3S/c1-27-18-9-8-14(11-17(18)25)12-22-20(26)15-5-4-10-24(13-15)21-23-16-6-2-3-7-19(16)28-21/h2-3,6-9,11,15,25H,4-5,10,12-13H2,1H3,(H,22,26)/t15-/m1/s1. The minimum Gasteiger partial charge on any atom is -0.504 e. The molecule has 1 aliphatic heterocycles. The van der Waals surface area contributed by atoms with Gasteiger partial charge in [0.05, 0.1) is 23.2 Å². The van der Waals surface area contributed by atoms with Gasteiger partial charge in [0.1, 0.15) is 0 Å². The molecule has 28 heavy (non-hydrogen) atoms. The number of ether oxygens (including phenoxy) is 1. The molecule has 2 aromatic carbocycles. The number of carbonyl (C=O) groups is 1. The van der Waals surface area contributed by atoms with Crippen molar-refractivity contribution >= 4 is 32.6 Å². The van der Waals surface area contributed by atoms with Crippen LogP contribution in [0.3, 0.4) is 0 Å². The number of hydrogen-bond acceptors (Lipinski definition) is 6. The summed E-state index contributed by atoms with van der Waals surface area (Å²) in [6.45, 7) is 1.99. The van der Waals surface area contributed by atoms with E-state index in [1.165, 1.54) is 11.8 Å². The number of carbonyl (C=O) groups excluding carboxylic acids is 1. The molecule has 1 atom stereocenters. The van der Waals surface area contributed by atoms with Crippen LogP contribution >= 0.6 is 11.3 Å². The van der Waals surface area contributed by atoms with Crippen molar-refractivity contribution in [2.45, 2.75) is 19.4 Å². The van der Waals surface area contributed by atoms with Gasteiger partial charge in [-0.05, 0) is 42.7 Å². The van der Waals surface area contributed by atoms with Crippen molar-refractivity contribution in [3.05, 3.63) is 48.0 Å². The van der Waals surface area contributed by atoms with Gasteiger partial charge in [0.25, 0.3) is 0 Å². The predicted molar refractivity (Wildman–Crippen MR) is 111 cm³/mol. The highest BCUT2D eigenvalue weighted by molar-refractivity contribution is 7.22. The number of benzene rings is 2. The summed E-state index contributed by atoms with van der Waals surface area (Å²) in [6, 6.07) is 13.3. The van der Waals surface area contributed by atoms with E-state index >= 15 is 0 Å². The Kier molecular flexibility index (Phi) is 5.34. The Bertz CT molecular complexity index is 955. The number of phenols is 1. The van der Waals surface area contributed by atoms with Crippen LogP contribution in [-0.4, -0.2) is 36.2 Å². The number of hydrogen-bond donors (Lipinski definition) is 2. The van der Waals surface area contributed by atoms with Crippen molar-refractivity contribution in [2.75, 3.05) is 25.1 Å². The smallest absolute Gasteiger partial charge is 0.225 e. The van der Waals surface area contributed by atoms with Crippen molar-refractivity contribution in [1.29, 1.82) is 0 Å². The van der Waals surface area contributed by atoms with Gasteiger partial charge in [-0.3, -0.25) is 4.79 Å². The number of nitrogens with zero attached hydrogens (tertiary/aromatic N) is 2. The summed E-state index contributed by atoms with van der Waals surface area (Å²) in [5.74, 6) is 0.483. The average Bonchev–Trinajstić information content (AvgIpc) is 3.16. The molecule has 1 fully saturated rings. The molecule has 7 heteroatoms. The summed E-state index contributed by atoms with van der Waals surface area (Å²) in [7, 11) is 1.51. The van der Waals surface area contributed by atoms with Gasteiger partial charge in [0.15, 0.2) is 16.6 Å². The van der Waals surface area contributed by atoms with Crippen LogP contribution in [0.5, 0.6) is 11.5 Å². The van der Waals surface area contributed by atoms with E-state index in [1.54, 1.807) is 23.5 Å². The van der Waals surface area contributed by atoms with Crippen molar-refractivity contribution < 1.29 is 14.6 Å². The lowest BCUT2D eigenvalue weighted by Crippen LogP contribution is -2.42. The number of rotatable bonds is 5. The van der Waals surface area contributed by atoms with E-state index in [0.717, 1.165) is 35.6 Å². The molecule has 1 saturated heterocycles. The molecule has 1 aromatic heterocycles. The van der Waals surface area contributed by atoms with Crippen LogP contribution in [0.25, 0.3) is 10.2 Å². The first kappa shape index (κ1) is 18.6. The quantitative estimate of drug-likeness (QED) is 0.689. The maximum Gasteiger partial charge on any atom is 0.225 e. The molecular formula is C21H23N3O3S. The summed E-state index contributed by atoms with van der Waals surface area (Å²) in [5, 5.41) is 13.9. The minimum absolute atomic E-state index is 0.0427. The number of methoxy groups -OCH3 is 1. The second-order valence-corrected chi connectivity index (χ2v) is 7.98. The van der Waals surface area contributed by atoms with E-state index in [1.807, 2.05) is 24.3 Å². The molecule has 6 nitrogen and oxygen atoms in total. The maximum atomic E-state index is 12.7. The molecule has 4 rings (SSSR count). The monoisotopic (exact) mass is 397 g/mol. The van der Waals surface area contributed by atoms with Crippen molar-refractivity contribution in [3.63, 3.8) is 0 Å². The van der Waals surface area contributed by atoms with Crippen LogP contribution in [0, 0.1) is 5.92 Å². The van der Waals surface area contributed by atoms with Gasteiger partial charge in [-0.25, -0.2) is 4.98 Å². The van der Waals surface area contributed by atoms with E-state index in [4.69, 9.17) is 9.72 Å². The average molecular weight is 398 g/mol. The van der Waals surface area contributed by atoms with Crippen molar-refractivity contribution in [2.24, 2.45) is 5.92 Å². The third-order valence-electron chi connectivity index (χ3n) is 5.06. The Hall–Kier alpha value is -2.80. The molecule has 3 aromatic rings. The van der Waals surface area contributed by atoms with Gasteiger partial charge in [0, 0.05) is 19.6 Å². The van der Waals surface area contributed by atoms with E-state index in [9.17, 15) is 9.90 Å². The normalized spacial score (nSPS) is 16.9. The maximum absolute atomic E-state index is 12.7. The molecule has 0 radical (unpaired) electrons. The molecule has 0 bridgehead atoms. The summed E-state index contributed by atoms with van der Waals surface area (Å²) < 4.78 is 6.22. The number of phenolic OH excluding ortho intramolecular Hbond substituents is 1. The first-order valence-corrected chi connectivity index (χ1v) is 10.2. The minimum atomic E-state index is -0.0624. The topological polar surface area (TPSA) is 74.7 Å². The highest BCUT2D eigenvalue weighted by Crippen LogP contribution is 2.31. The van der Waals surface area contributed by atoms with Gasteiger partial charge in [-0.2, -0.15) is 0 Å². The fourth-order valence-electron chi connectivity index (χ4n) is 3.54. The molecule has 2 N–H and O–H groups in total. The number of aromatic nitrogens is 1. The zero-order valence-electron chi connectivity index (χ0n) is 15.7. The largest absolute Gasteiger partial charge is 0.504 e. The molecule has 1 aliphatic rings. The number of thiazole rings is 1. The Morgan fingerprint density at radius 2 is 2.21 bits per heavy atom. The Morgan fingerprint density at radius 1 is 1.36 bits per heavy atom. The molecule has 2 heterocycles. The molecule has 0 aliphatic carbocycles. The van der Waals surface area contributed by atoms with Crippen LogP contribution in [0.1, 0.15) is 18.4 Å². The number of piperidine rings is 1. The second kappa shape index (κ2) is 8.06. The van der Waals surface area contributed by atoms with Crippen LogP contribution in [0.2, 0.25) is 0 Å². The molecular weight excluding hydrogens is 374 g/mol. The molecule has 0 spiro atoms. The Morgan fingerprint density at radius 3 is 3.00 bits per heavy atom. The summed E-state index contributed by atoms with van der Waals surface area (Å²) in [4.78, 5) is 19.6. The van der Waals surface area contributed by atoms with Gasteiger partial charge in [-0.15, -0.1) is 0 Å². The first-order valence-electron chi connectivity index (χ1n) is 9.38. The fourth-order valence-corrected chi connectivity index (χ4v) is 4.54. The van der Waals surface area contributed by atoms with E-state index in [2.05, 4.69) is 16.3 Å². The number of para-hydroxylation sites is 1. The lowest BCUT2D eigenvalue weighted by atomic mass is 9.97. The lowest BCUT2D eigenvalue weighted by Gasteiger charge is -2.31. The number of anilines is 1. The SMILES string of the molecule is COc1ccc(CNC(=O)[C@@H]2CCCN(c3nc4ccccc4s3)C2)cc1O. The van der Waals surface area contributed by atoms with Gasteiger partial charge >= 0.3 is 0 Å². The number of fused-ring (bicyclic) bond motifs is 1. The first-order chi connectivity index (χ1) is 13.6. The summed E-state index contributed by atoms with van der Waals surface area (Å²) >= 11 is 1.68. The van der Waals surface area contributed by atoms with Crippen LogP contribution in [0.15, 0.2) is 42.5 Å². The fraction of sp³-hybridized carbons (Fsp3) is 0.333. The predicted octanol–water partition coefficient (Wildman–Crippen LogP) is 3.54. The van der Waals surface area contributed by atoms with Crippen LogP contribution < -0.4 is 15.0 Å². The molecule has 0 saturated carbocycles. The highest BCUT2D eigenvalue weighted by atomic mass is 32.1. The highest BCUT2D eigenvalue weighted by Gasteiger charge is 2.27. The van der Waals surface area contributed by atoms with Crippen LogP contribution in [0.4, 0.5) is 5.13 Å². The van der Waals surface area contributed by atoms with E-state index in [0.29, 0.717) is 18.8 Å².